The number of aryl methyl sites for hydroxylation is 1. The molecule has 18 heavy (non-hydrogen) atoms. The number of piperidine rings is 1. The van der Waals surface area contributed by atoms with Gasteiger partial charge in [-0.3, -0.25) is 0 Å². The lowest BCUT2D eigenvalue weighted by Gasteiger charge is -2.21. The molecule has 2 heteroatoms. The lowest BCUT2D eigenvalue weighted by molar-refractivity contribution is 0.353. The zero-order valence-corrected chi connectivity index (χ0v) is 10.8. The number of nitrogens with one attached hydrogen (secondary N) is 1. The van der Waals surface area contributed by atoms with Crippen LogP contribution in [0.2, 0.25) is 0 Å². The molecule has 1 saturated heterocycles. The van der Waals surface area contributed by atoms with Crippen LogP contribution in [0.15, 0.2) is 40.8 Å². The van der Waals surface area contributed by atoms with Gasteiger partial charge in [0.15, 0.2) is 0 Å². The maximum atomic E-state index is 5.99. The van der Waals surface area contributed by atoms with Crippen LogP contribution in [0.25, 0.3) is 11.3 Å². The largest absolute Gasteiger partial charge is 0.459 e. The maximum absolute atomic E-state index is 5.99. The first kappa shape index (κ1) is 11.5. The van der Waals surface area contributed by atoms with E-state index in [1.807, 2.05) is 0 Å². The van der Waals surface area contributed by atoms with Crippen LogP contribution in [0.5, 0.6) is 0 Å². The highest BCUT2D eigenvalue weighted by Gasteiger charge is 2.18. The number of rotatable bonds is 2. The Hall–Kier alpha value is -1.54. The van der Waals surface area contributed by atoms with E-state index in [9.17, 15) is 0 Å². The Morgan fingerprint density at radius 1 is 1.06 bits per heavy atom. The molecule has 1 N–H and O–H groups in total. The minimum atomic E-state index is 0.401. The summed E-state index contributed by atoms with van der Waals surface area (Å²) in [6.45, 7) is 3.20. The van der Waals surface area contributed by atoms with Gasteiger partial charge in [0.25, 0.3) is 0 Å². The quantitative estimate of drug-likeness (QED) is 0.857. The molecule has 1 aliphatic heterocycles. The lowest BCUT2D eigenvalue weighted by Crippen LogP contribution is -2.26. The summed E-state index contributed by atoms with van der Waals surface area (Å²) in [5.74, 6) is 2.04. The number of benzene rings is 1. The molecule has 1 atom stereocenters. The minimum absolute atomic E-state index is 0.401. The van der Waals surface area contributed by atoms with Crippen LogP contribution in [0, 0.1) is 6.92 Å². The molecule has 0 aliphatic carbocycles. The van der Waals surface area contributed by atoms with Gasteiger partial charge in [-0.1, -0.05) is 36.2 Å². The summed E-state index contributed by atoms with van der Waals surface area (Å²) in [6, 6.07) is 13.1. The van der Waals surface area contributed by atoms with E-state index < -0.39 is 0 Å². The van der Waals surface area contributed by atoms with Crippen molar-refractivity contribution in [2.75, 3.05) is 6.54 Å². The summed E-state index contributed by atoms with van der Waals surface area (Å²) >= 11 is 0. The highest BCUT2D eigenvalue weighted by molar-refractivity contribution is 5.58. The van der Waals surface area contributed by atoms with Gasteiger partial charge in [-0.15, -0.1) is 0 Å². The first-order chi connectivity index (χ1) is 8.83. The predicted octanol–water partition coefficient (Wildman–Crippen LogP) is 4.07. The molecule has 1 aliphatic rings. The first-order valence-electron chi connectivity index (χ1n) is 6.73. The van der Waals surface area contributed by atoms with Crippen molar-refractivity contribution < 1.29 is 4.42 Å². The van der Waals surface area contributed by atoms with E-state index in [4.69, 9.17) is 4.42 Å². The zero-order valence-electron chi connectivity index (χ0n) is 10.8. The van der Waals surface area contributed by atoms with Gasteiger partial charge in [0.05, 0.1) is 6.04 Å². The smallest absolute Gasteiger partial charge is 0.134 e. The fourth-order valence-electron chi connectivity index (χ4n) is 2.51. The van der Waals surface area contributed by atoms with Gasteiger partial charge < -0.3 is 9.73 Å². The fraction of sp³-hybridized carbons (Fsp3) is 0.375. The molecular formula is C16H19NO. The summed E-state index contributed by atoms with van der Waals surface area (Å²) < 4.78 is 5.99. The Morgan fingerprint density at radius 3 is 2.61 bits per heavy atom. The Kier molecular flexibility index (Phi) is 3.20. The first-order valence-corrected chi connectivity index (χ1v) is 6.73. The van der Waals surface area contributed by atoms with Crippen LogP contribution in [-0.2, 0) is 0 Å². The SMILES string of the molecule is Cc1ccc(-c2ccc(C3CCCCN3)o2)cc1. The third kappa shape index (κ3) is 2.34. The Labute approximate surface area is 108 Å². The van der Waals surface area contributed by atoms with Crippen molar-refractivity contribution in [3.05, 3.63) is 47.7 Å². The van der Waals surface area contributed by atoms with Gasteiger partial charge >= 0.3 is 0 Å². The van der Waals surface area contributed by atoms with Gasteiger partial charge in [0, 0.05) is 5.56 Å². The number of furan rings is 1. The van der Waals surface area contributed by atoms with Gasteiger partial charge in [-0.05, 0) is 38.4 Å². The predicted molar refractivity (Wildman–Crippen MR) is 73.5 cm³/mol. The fourth-order valence-corrected chi connectivity index (χ4v) is 2.51. The summed E-state index contributed by atoms with van der Waals surface area (Å²) in [7, 11) is 0. The molecule has 1 aromatic carbocycles. The Balaban J connectivity index is 1.82. The zero-order chi connectivity index (χ0) is 12.4. The Bertz CT molecular complexity index is 506. The highest BCUT2D eigenvalue weighted by Crippen LogP contribution is 2.29. The molecule has 2 aromatic rings. The number of hydrogen-bond donors (Lipinski definition) is 1. The van der Waals surface area contributed by atoms with Crippen molar-refractivity contribution in [3.63, 3.8) is 0 Å². The number of hydrogen-bond acceptors (Lipinski definition) is 2. The van der Waals surface area contributed by atoms with Crippen molar-refractivity contribution in [1.29, 1.82) is 0 Å². The molecule has 0 radical (unpaired) electrons. The summed E-state index contributed by atoms with van der Waals surface area (Å²) in [4.78, 5) is 0. The van der Waals surface area contributed by atoms with E-state index in [1.165, 1.54) is 24.8 Å². The van der Waals surface area contributed by atoms with E-state index in [-0.39, 0.29) is 0 Å². The monoisotopic (exact) mass is 241 g/mol. The van der Waals surface area contributed by atoms with Crippen molar-refractivity contribution in [2.45, 2.75) is 32.2 Å². The molecule has 3 rings (SSSR count). The molecule has 2 heterocycles. The normalized spacial score (nSPS) is 19.9. The molecule has 2 nitrogen and oxygen atoms in total. The molecule has 1 unspecified atom stereocenters. The maximum Gasteiger partial charge on any atom is 0.134 e. The molecule has 94 valence electrons. The third-order valence-electron chi connectivity index (χ3n) is 3.62. The second-order valence-electron chi connectivity index (χ2n) is 5.07. The average Bonchev–Trinajstić information content (AvgIpc) is 2.90. The molecule has 0 bridgehead atoms. The van der Waals surface area contributed by atoms with Crippen LogP contribution >= 0.6 is 0 Å². The molecule has 0 saturated carbocycles. The minimum Gasteiger partial charge on any atom is -0.459 e. The summed E-state index contributed by atoms with van der Waals surface area (Å²) in [6.07, 6.45) is 3.75. The van der Waals surface area contributed by atoms with Crippen molar-refractivity contribution in [2.24, 2.45) is 0 Å². The summed E-state index contributed by atoms with van der Waals surface area (Å²) in [5, 5.41) is 3.52. The Morgan fingerprint density at radius 2 is 1.89 bits per heavy atom. The van der Waals surface area contributed by atoms with Crippen molar-refractivity contribution in [3.8, 4) is 11.3 Å². The summed E-state index contributed by atoms with van der Waals surface area (Å²) in [5.41, 5.74) is 2.43. The van der Waals surface area contributed by atoms with Gasteiger partial charge in [0.1, 0.15) is 11.5 Å². The molecule has 0 spiro atoms. The third-order valence-corrected chi connectivity index (χ3v) is 3.62. The van der Waals surface area contributed by atoms with E-state index in [0.717, 1.165) is 23.6 Å². The van der Waals surface area contributed by atoms with E-state index in [1.54, 1.807) is 0 Å². The molecule has 1 fully saturated rings. The van der Waals surface area contributed by atoms with E-state index >= 15 is 0 Å². The van der Waals surface area contributed by atoms with Gasteiger partial charge in [-0.2, -0.15) is 0 Å². The van der Waals surface area contributed by atoms with Crippen LogP contribution in [0.3, 0.4) is 0 Å². The second kappa shape index (κ2) is 4.99. The van der Waals surface area contributed by atoms with Crippen LogP contribution in [0.1, 0.15) is 36.6 Å². The standard InChI is InChI=1S/C16H19NO/c1-12-5-7-13(8-6-12)15-9-10-16(18-15)14-4-2-3-11-17-14/h5-10,14,17H,2-4,11H2,1H3. The van der Waals surface area contributed by atoms with Crippen molar-refractivity contribution >= 4 is 0 Å². The van der Waals surface area contributed by atoms with Crippen LogP contribution in [-0.4, -0.2) is 6.54 Å². The van der Waals surface area contributed by atoms with Crippen molar-refractivity contribution in [1.82, 2.24) is 5.32 Å². The topological polar surface area (TPSA) is 25.2 Å². The van der Waals surface area contributed by atoms with Crippen LogP contribution in [0.4, 0.5) is 0 Å². The highest BCUT2D eigenvalue weighted by atomic mass is 16.3. The van der Waals surface area contributed by atoms with Gasteiger partial charge in [0.2, 0.25) is 0 Å². The molecule has 0 amide bonds. The van der Waals surface area contributed by atoms with E-state index in [2.05, 4.69) is 48.6 Å². The van der Waals surface area contributed by atoms with Gasteiger partial charge in [-0.25, -0.2) is 0 Å². The molecular weight excluding hydrogens is 222 g/mol. The van der Waals surface area contributed by atoms with Crippen LogP contribution < -0.4 is 5.32 Å². The van der Waals surface area contributed by atoms with E-state index in [0.29, 0.717) is 6.04 Å². The molecule has 1 aromatic heterocycles. The second-order valence-corrected chi connectivity index (χ2v) is 5.07. The lowest BCUT2D eigenvalue weighted by atomic mass is 10.0. The average molecular weight is 241 g/mol.